The van der Waals surface area contributed by atoms with E-state index in [1.54, 1.807) is 6.33 Å². The summed E-state index contributed by atoms with van der Waals surface area (Å²) in [4.78, 5) is 16.3. The Hall–Kier alpha value is -2.61. The van der Waals surface area contributed by atoms with Gasteiger partial charge in [-0.05, 0) is 5.92 Å². The van der Waals surface area contributed by atoms with Gasteiger partial charge in [0.1, 0.15) is 17.9 Å². The zero-order chi connectivity index (χ0) is 16.9. The topological polar surface area (TPSA) is 85.6 Å². The molecule has 3 aromatic rings. The number of nitrogens with zero attached hydrogens (tertiary/aromatic N) is 5. The molecule has 0 bridgehead atoms. The van der Waals surface area contributed by atoms with Crippen molar-refractivity contribution in [1.29, 1.82) is 0 Å². The van der Waals surface area contributed by atoms with E-state index in [2.05, 4.69) is 39.4 Å². The molecule has 0 fully saturated rings. The van der Waals surface area contributed by atoms with Crippen molar-refractivity contribution in [2.75, 3.05) is 5.32 Å². The van der Waals surface area contributed by atoms with Crippen LogP contribution in [0.15, 0.2) is 36.7 Å². The maximum atomic E-state index is 12.1. The van der Waals surface area contributed by atoms with E-state index >= 15 is 0 Å². The van der Waals surface area contributed by atoms with Gasteiger partial charge in [-0.1, -0.05) is 55.5 Å². The summed E-state index contributed by atoms with van der Waals surface area (Å²) in [7, 11) is 0. The van der Waals surface area contributed by atoms with Crippen molar-refractivity contribution in [3.8, 4) is 11.4 Å². The van der Waals surface area contributed by atoms with Crippen molar-refractivity contribution < 1.29 is 4.79 Å². The first kappa shape index (κ1) is 16.3. The molecule has 24 heavy (non-hydrogen) atoms. The Morgan fingerprint density at radius 1 is 1.25 bits per heavy atom. The first-order valence-electron chi connectivity index (χ1n) is 7.67. The van der Waals surface area contributed by atoms with Crippen molar-refractivity contribution >= 4 is 22.4 Å². The van der Waals surface area contributed by atoms with Crippen LogP contribution >= 0.6 is 11.3 Å². The molecule has 0 aliphatic rings. The third-order valence-electron chi connectivity index (χ3n) is 3.17. The lowest BCUT2D eigenvalue weighted by molar-refractivity contribution is -0.116. The van der Waals surface area contributed by atoms with E-state index in [1.165, 1.54) is 16.0 Å². The number of amides is 1. The number of rotatable bonds is 6. The standard InChI is InChI=1S/C16H18N6OS/c1-11(2)8-14-19-20-16(24-14)18-13(23)9-22-10-17-15(21-22)12-6-4-3-5-7-12/h3-7,10-11H,8-9H2,1-2H3,(H,18,20,23). The Kier molecular flexibility index (Phi) is 4.95. The SMILES string of the molecule is CC(C)Cc1nnc(NC(=O)Cn2cnc(-c3ccccc3)n2)s1. The second-order valence-electron chi connectivity index (χ2n) is 5.78. The molecule has 7 nitrogen and oxygen atoms in total. The average Bonchev–Trinajstić information content (AvgIpc) is 3.17. The summed E-state index contributed by atoms with van der Waals surface area (Å²) < 4.78 is 1.51. The fourth-order valence-electron chi connectivity index (χ4n) is 2.13. The van der Waals surface area contributed by atoms with Gasteiger partial charge in [0.2, 0.25) is 11.0 Å². The van der Waals surface area contributed by atoms with Crippen molar-refractivity contribution in [3.63, 3.8) is 0 Å². The van der Waals surface area contributed by atoms with Crippen LogP contribution in [0.2, 0.25) is 0 Å². The summed E-state index contributed by atoms with van der Waals surface area (Å²) in [5, 5.41) is 16.6. The molecule has 0 aliphatic heterocycles. The third-order valence-corrected chi connectivity index (χ3v) is 4.03. The number of nitrogens with one attached hydrogen (secondary N) is 1. The normalized spacial score (nSPS) is 11.0. The van der Waals surface area contributed by atoms with Gasteiger partial charge in [0.05, 0.1) is 0 Å². The van der Waals surface area contributed by atoms with Crippen LogP contribution in [0.25, 0.3) is 11.4 Å². The van der Waals surface area contributed by atoms with E-state index in [0.717, 1.165) is 17.0 Å². The highest BCUT2D eigenvalue weighted by Gasteiger charge is 2.11. The molecule has 0 saturated heterocycles. The number of anilines is 1. The van der Waals surface area contributed by atoms with Gasteiger partial charge in [0, 0.05) is 12.0 Å². The maximum Gasteiger partial charge on any atom is 0.247 e. The zero-order valence-corrected chi connectivity index (χ0v) is 14.3. The molecule has 0 saturated carbocycles. The van der Waals surface area contributed by atoms with Gasteiger partial charge in [-0.15, -0.1) is 10.2 Å². The summed E-state index contributed by atoms with van der Waals surface area (Å²) in [6.07, 6.45) is 2.41. The van der Waals surface area contributed by atoms with Crippen molar-refractivity contribution in [1.82, 2.24) is 25.0 Å². The molecule has 0 atom stereocenters. The second-order valence-corrected chi connectivity index (χ2v) is 6.84. The van der Waals surface area contributed by atoms with Gasteiger partial charge in [0.15, 0.2) is 5.82 Å². The molecular weight excluding hydrogens is 324 g/mol. The molecule has 124 valence electrons. The van der Waals surface area contributed by atoms with Gasteiger partial charge < -0.3 is 0 Å². The Morgan fingerprint density at radius 3 is 2.79 bits per heavy atom. The second kappa shape index (κ2) is 7.31. The minimum absolute atomic E-state index is 0.0823. The Balaban J connectivity index is 1.59. The molecule has 0 unspecified atom stereocenters. The van der Waals surface area contributed by atoms with Crippen LogP contribution in [-0.2, 0) is 17.8 Å². The maximum absolute atomic E-state index is 12.1. The Morgan fingerprint density at radius 2 is 2.04 bits per heavy atom. The third kappa shape index (κ3) is 4.23. The van der Waals surface area contributed by atoms with Gasteiger partial charge in [-0.25, -0.2) is 9.67 Å². The Labute approximate surface area is 143 Å². The molecule has 0 aliphatic carbocycles. The fourth-order valence-corrected chi connectivity index (χ4v) is 3.10. The highest BCUT2D eigenvalue weighted by atomic mass is 32.1. The molecule has 1 aromatic carbocycles. The van der Waals surface area contributed by atoms with E-state index in [4.69, 9.17) is 0 Å². The summed E-state index contributed by atoms with van der Waals surface area (Å²) >= 11 is 1.40. The largest absolute Gasteiger partial charge is 0.299 e. The van der Waals surface area contributed by atoms with Crippen LogP contribution in [0.4, 0.5) is 5.13 Å². The lowest BCUT2D eigenvalue weighted by Gasteiger charge is -2.01. The molecule has 8 heteroatoms. The summed E-state index contributed by atoms with van der Waals surface area (Å²) in [5.74, 6) is 0.901. The number of benzene rings is 1. The lowest BCUT2D eigenvalue weighted by Crippen LogP contribution is -2.19. The van der Waals surface area contributed by atoms with Crippen molar-refractivity contribution in [3.05, 3.63) is 41.7 Å². The van der Waals surface area contributed by atoms with E-state index in [-0.39, 0.29) is 12.5 Å². The summed E-state index contributed by atoms with van der Waals surface area (Å²) in [5.41, 5.74) is 0.916. The smallest absolute Gasteiger partial charge is 0.247 e. The van der Waals surface area contributed by atoms with Crippen molar-refractivity contribution in [2.24, 2.45) is 5.92 Å². The van der Waals surface area contributed by atoms with E-state index < -0.39 is 0 Å². The van der Waals surface area contributed by atoms with Crippen LogP contribution in [0.5, 0.6) is 0 Å². The summed E-state index contributed by atoms with van der Waals surface area (Å²) in [6.45, 7) is 4.32. The van der Waals surface area contributed by atoms with Gasteiger partial charge in [-0.3, -0.25) is 10.1 Å². The molecule has 1 N–H and O–H groups in total. The number of hydrogen-bond donors (Lipinski definition) is 1. The van der Waals surface area contributed by atoms with E-state index in [9.17, 15) is 4.79 Å². The number of aromatic nitrogens is 5. The molecule has 2 aromatic heterocycles. The van der Waals surface area contributed by atoms with Gasteiger partial charge in [0.25, 0.3) is 0 Å². The molecule has 0 radical (unpaired) electrons. The predicted octanol–water partition coefficient (Wildman–Crippen LogP) is 2.63. The molecule has 2 heterocycles. The van der Waals surface area contributed by atoms with E-state index in [1.807, 2.05) is 30.3 Å². The minimum atomic E-state index is -0.202. The average molecular weight is 342 g/mol. The fraction of sp³-hybridized carbons (Fsp3) is 0.312. The van der Waals surface area contributed by atoms with Crippen LogP contribution in [0.3, 0.4) is 0 Å². The lowest BCUT2D eigenvalue weighted by atomic mass is 10.1. The molecule has 0 spiro atoms. The highest BCUT2D eigenvalue weighted by molar-refractivity contribution is 7.15. The van der Waals surface area contributed by atoms with Crippen LogP contribution < -0.4 is 5.32 Å². The molecule has 1 amide bonds. The molecule has 3 rings (SSSR count). The monoisotopic (exact) mass is 342 g/mol. The summed E-state index contributed by atoms with van der Waals surface area (Å²) in [6, 6.07) is 9.64. The predicted molar refractivity (Wildman–Crippen MR) is 92.5 cm³/mol. The zero-order valence-electron chi connectivity index (χ0n) is 13.5. The first-order valence-corrected chi connectivity index (χ1v) is 8.49. The molecular formula is C16H18N6OS. The quantitative estimate of drug-likeness (QED) is 0.744. The van der Waals surface area contributed by atoms with E-state index in [0.29, 0.717) is 16.9 Å². The highest BCUT2D eigenvalue weighted by Crippen LogP contribution is 2.18. The van der Waals surface area contributed by atoms with Crippen LogP contribution in [-0.4, -0.2) is 30.9 Å². The van der Waals surface area contributed by atoms with Gasteiger partial charge >= 0.3 is 0 Å². The van der Waals surface area contributed by atoms with Crippen LogP contribution in [0.1, 0.15) is 18.9 Å². The number of hydrogen-bond acceptors (Lipinski definition) is 6. The minimum Gasteiger partial charge on any atom is -0.299 e. The van der Waals surface area contributed by atoms with Crippen molar-refractivity contribution in [2.45, 2.75) is 26.8 Å². The Bertz CT molecular complexity index is 811. The first-order chi connectivity index (χ1) is 11.6. The van der Waals surface area contributed by atoms with Gasteiger partial charge in [-0.2, -0.15) is 5.10 Å². The van der Waals surface area contributed by atoms with Crippen LogP contribution in [0, 0.1) is 5.92 Å². The number of carbonyl (C=O) groups excluding carboxylic acids is 1. The number of carbonyl (C=O) groups is 1.